The molecule has 5 N–H and O–H groups in total. The quantitative estimate of drug-likeness (QED) is 0.381. The molecule has 1 aliphatic heterocycles. The second-order valence-electron chi connectivity index (χ2n) is 4.42. The summed E-state index contributed by atoms with van der Waals surface area (Å²) >= 11 is 0. The van der Waals surface area contributed by atoms with E-state index in [4.69, 9.17) is 9.84 Å². The van der Waals surface area contributed by atoms with Crippen molar-refractivity contribution < 1.29 is 30.0 Å². The highest BCUT2D eigenvalue weighted by Gasteiger charge is 2.46. The predicted molar refractivity (Wildman–Crippen MR) is 61.4 cm³/mol. The van der Waals surface area contributed by atoms with Gasteiger partial charge in [0.05, 0.1) is 6.61 Å². The zero-order valence-corrected chi connectivity index (χ0v) is 10.3. The number of aliphatic hydroxyl groups is 4. The summed E-state index contributed by atoms with van der Waals surface area (Å²) in [6.07, 6.45) is -4.22. The van der Waals surface area contributed by atoms with Crippen molar-refractivity contribution in [3.8, 4) is 0 Å². The number of hydrogen-bond acceptors (Lipinski definition) is 6. The Morgan fingerprint density at radius 3 is 2.61 bits per heavy atom. The van der Waals surface area contributed by atoms with E-state index in [-0.39, 0.29) is 5.91 Å². The smallest absolute Gasteiger partial charge is 0.222 e. The Bertz CT molecular complexity index is 274. The SMILES string of the molecule is CCCCC(=O)N[C@@H]1O[C@@H]([C@H](O)CO)[C@H](O)[C@H]1O. The molecule has 0 saturated carbocycles. The third-order valence-electron chi connectivity index (χ3n) is 2.93. The normalized spacial score (nSPS) is 33.4. The van der Waals surface area contributed by atoms with Crippen LogP contribution in [0.15, 0.2) is 0 Å². The largest absolute Gasteiger partial charge is 0.394 e. The van der Waals surface area contributed by atoms with Crippen LogP contribution in [-0.2, 0) is 9.53 Å². The Morgan fingerprint density at radius 1 is 1.39 bits per heavy atom. The van der Waals surface area contributed by atoms with Gasteiger partial charge in [-0.2, -0.15) is 0 Å². The molecule has 0 aromatic heterocycles. The third kappa shape index (κ3) is 3.63. The molecule has 1 rings (SSSR count). The molecule has 1 fully saturated rings. The number of ether oxygens (including phenoxy) is 1. The van der Waals surface area contributed by atoms with Gasteiger partial charge in [-0.05, 0) is 6.42 Å². The molecule has 0 unspecified atom stereocenters. The fourth-order valence-corrected chi connectivity index (χ4v) is 1.81. The number of carbonyl (C=O) groups is 1. The lowest BCUT2D eigenvalue weighted by atomic mass is 10.1. The van der Waals surface area contributed by atoms with Crippen LogP contribution in [0, 0.1) is 0 Å². The number of aliphatic hydroxyl groups excluding tert-OH is 4. The molecule has 5 atom stereocenters. The second-order valence-corrected chi connectivity index (χ2v) is 4.42. The van der Waals surface area contributed by atoms with Crippen LogP contribution in [-0.4, -0.2) is 63.6 Å². The molecular formula is C11H21NO6. The molecule has 0 bridgehead atoms. The second kappa shape index (κ2) is 7.01. The highest BCUT2D eigenvalue weighted by atomic mass is 16.6. The van der Waals surface area contributed by atoms with E-state index in [0.717, 1.165) is 12.8 Å². The summed E-state index contributed by atoms with van der Waals surface area (Å²) in [5, 5.41) is 39.9. The molecule has 0 spiro atoms. The first kappa shape index (κ1) is 15.3. The maximum absolute atomic E-state index is 11.5. The molecule has 1 amide bonds. The van der Waals surface area contributed by atoms with Crippen molar-refractivity contribution in [2.75, 3.05) is 6.61 Å². The fourth-order valence-electron chi connectivity index (χ4n) is 1.81. The summed E-state index contributed by atoms with van der Waals surface area (Å²) in [5.74, 6) is -0.285. The van der Waals surface area contributed by atoms with Gasteiger partial charge in [0.15, 0.2) is 6.23 Å². The molecule has 7 nitrogen and oxygen atoms in total. The lowest BCUT2D eigenvalue weighted by Crippen LogP contribution is -2.44. The number of nitrogens with one attached hydrogen (secondary N) is 1. The first-order valence-corrected chi connectivity index (χ1v) is 6.11. The van der Waals surface area contributed by atoms with E-state index >= 15 is 0 Å². The standard InChI is InChI=1S/C11H21NO6/c1-2-3-4-7(15)12-11-9(17)8(16)10(18-11)6(14)5-13/h6,8-11,13-14,16-17H,2-5H2,1H3,(H,12,15)/t6-,8-,9-,10+,11-/m1/s1. The van der Waals surface area contributed by atoms with E-state index in [0.29, 0.717) is 6.42 Å². The van der Waals surface area contributed by atoms with Crippen LogP contribution in [0.2, 0.25) is 0 Å². The molecule has 1 heterocycles. The molecule has 0 aromatic rings. The number of amides is 1. The van der Waals surface area contributed by atoms with Crippen LogP contribution in [0.3, 0.4) is 0 Å². The van der Waals surface area contributed by atoms with Crippen molar-refractivity contribution in [1.29, 1.82) is 0 Å². The van der Waals surface area contributed by atoms with E-state index in [1.165, 1.54) is 0 Å². The Hall–Kier alpha value is -0.730. The highest BCUT2D eigenvalue weighted by Crippen LogP contribution is 2.22. The van der Waals surface area contributed by atoms with E-state index < -0.39 is 37.3 Å². The highest BCUT2D eigenvalue weighted by molar-refractivity contribution is 5.76. The number of rotatable bonds is 6. The molecule has 1 saturated heterocycles. The Morgan fingerprint density at radius 2 is 2.06 bits per heavy atom. The number of hydrogen-bond donors (Lipinski definition) is 5. The Kier molecular flexibility index (Phi) is 5.97. The molecule has 106 valence electrons. The van der Waals surface area contributed by atoms with Gasteiger partial charge in [0, 0.05) is 6.42 Å². The minimum absolute atomic E-state index is 0.285. The van der Waals surface area contributed by atoms with E-state index in [2.05, 4.69) is 5.32 Å². The van der Waals surface area contributed by atoms with Gasteiger partial charge in [-0.15, -0.1) is 0 Å². The summed E-state index contributed by atoms with van der Waals surface area (Å²) < 4.78 is 5.15. The first-order valence-electron chi connectivity index (χ1n) is 6.11. The summed E-state index contributed by atoms with van der Waals surface area (Å²) in [6, 6.07) is 0. The zero-order chi connectivity index (χ0) is 13.7. The minimum atomic E-state index is -1.34. The van der Waals surface area contributed by atoms with Gasteiger partial charge in [-0.1, -0.05) is 13.3 Å². The van der Waals surface area contributed by atoms with Crippen LogP contribution in [0.4, 0.5) is 0 Å². The topological polar surface area (TPSA) is 119 Å². The lowest BCUT2D eigenvalue weighted by molar-refractivity contribution is -0.129. The maximum Gasteiger partial charge on any atom is 0.222 e. The Labute approximate surface area is 105 Å². The molecule has 18 heavy (non-hydrogen) atoms. The van der Waals surface area contributed by atoms with E-state index in [9.17, 15) is 20.1 Å². The molecule has 1 aliphatic rings. The minimum Gasteiger partial charge on any atom is -0.394 e. The van der Waals surface area contributed by atoms with Gasteiger partial charge < -0.3 is 30.5 Å². The van der Waals surface area contributed by atoms with Crippen molar-refractivity contribution in [3.05, 3.63) is 0 Å². The van der Waals surface area contributed by atoms with Gasteiger partial charge >= 0.3 is 0 Å². The summed E-state index contributed by atoms with van der Waals surface area (Å²) in [5.41, 5.74) is 0. The monoisotopic (exact) mass is 263 g/mol. The van der Waals surface area contributed by atoms with Crippen LogP contribution < -0.4 is 5.32 Å². The lowest BCUT2D eigenvalue weighted by Gasteiger charge is -2.18. The van der Waals surface area contributed by atoms with Gasteiger partial charge in [0.2, 0.25) is 5.91 Å². The van der Waals surface area contributed by atoms with Gasteiger partial charge in [0.25, 0.3) is 0 Å². The van der Waals surface area contributed by atoms with Gasteiger partial charge in [0.1, 0.15) is 24.4 Å². The number of carbonyl (C=O) groups excluding carboxylic acids is 1. The van der Waals surface area contributed by atoms with Crippen molar-refractivity contribution >= 4 is 5.91 Å². The summed E-state index contributed by atoms with van der Waals surface area (Å²) in [4.78, 5) is 11.5. The molecule has 0 radical (unpaired) electrons. The zero-order valence-electron chi connectivity index (χ0n) is 10.3. The maximum atomic E-state index is 11.5. The third-order valence-corrected chi connectivity index (χ3v) is 2.93. The van der Waals surface area contributed by atoms with Crippen LogP contribution in [0.1, 0.15) is 26.2 Å². The number of unbranched alkanes of at least 4 members (excludes halogenated alkanes) is 1. The van der Waals surface area contributed by atoms with Crippen LogP contribution >= 0.6 is 0 Å². The first-order chi connectivity index (χ1) is 8.51. The van der Waals surface area contributed by atoms with Crippen LogP contribution in [0.25, 0.3) is 0 Å². The van der Waals surface area contributed by atoms with E-state index in [1.807, 2.05) is 6.92 Å². The van der Waals surface area contributed by atoms with Crippen molar-refractivity contribution in [1.82, 2.24) is 5.32 Å². The molecular weight excluding hydrogens is 242 g/mol. The van der Waals surface area contributed by atoms with Crippen molar-refractivity contribution in [3.63, 3.8) is 0 Å². The van der Waals surface area contributed by atoms with Crippen molar-refractivity contribution in [2.45, 2.75) is 56.8 Å². The summed E-state index contributed by atoms with van der Waals surface area (Å²) in [7, 11) is 0. The predicted octanol–water partition coefficient (Wildman–Crippen LogP) is -1.91. The summed E-state index contributed by atoms with van der Waals surface area (Å²) in [6.45, 7) is 1.36. The van der Waals surface area contributed by atoms with Gasteiger partial charge in [-0.25, -0.2) is 0 Å². The van der Waals surface area contributed by atoms with Crippen molar-refractivity contribution in [2.24, 2.45) is 0 Å². The molecule has 7 heteroatoms. The Balaban J connectivity index is 2.50. The fraction of sp³-hybridized carbons (Fsp3) is 0.909. The molecule has 0 aliphatic carbocycles. The molecule has 0 aromatic carbocycles. The van der Waals surface area contributed by atoms with Gasteiger partial charge in [-0.3, -0.25) is 4.79 Å². The van der Waals surface area contributed by atoms with Crippen LogP contribution in [0.5, 0.6) is 0 Å². The average Bonchev–Trinajstić information content (AvgIpc) is 2.64. The van der Waals surface area contributed by atoms with E-state index in [1.54, 1.807) is 0 Å². The average molecular weight is 263 g/mol.